The highest BCUT2D eigenvalue weighted by Gasteiger charge is 2.25. The second kappa shape index (κ2) is 12.1. The first-order valence-corrected chi connectivity index (χ1v) is 12.7. The van der Waals surface area contributed by atoms with Crippen LogP contribution < -0.4 is 5.56 Å². The van der Waals surface area contributed by atoms with Gasteiger partial charge in [0.05, 0.1) is 21.9 Å². The molecule has 8 nitrogen and oxygen atoms in total. The molecule has 0 saturated carbocycles. The summed E-state index contributed by atoms with van der Waals surface area (Å²) in [7, 11) is 0. The van der Waals surface area contributed by atoms with Crippen LogP contribution >= 0.6 is 0 Å². The second-order valence-corrected chi connectivity index (χ2v) is 9.07. The highest BCUT2D eigenvalue weighted by Crippen LogP contribution is 2.22. The molecule has 1 unspecified atom stereocenters. The van der Waals surface area contributed by atoms with Crippen molar-refractivity contribution in [2.75, 3.05) is 6.54 Å². The molecule has 4 aromatic rings. The van der Waals surface area contributed by atoms with E-state index in [4.69, 9.17) is 4.98 Å². The van der Waals surface area contributed by atoms with Gasteiger partial charge in [-0.25, -0.2) is 4.98 Å². The Balaban J connectivity index is 1.69. The van der Waals surface area contributed by atoms with Crippen LogP contribution in [0.1, 0.15) is 43.3 Å². The van der Waals surface area contributed by atoms with Crippen molar-refractivity contribution in [2.45, 2.75) is 39.3 Å². The van der Waals surface area contributed by atoms with Crippen molar-refractivity contribution in [3.8, 4) is 0 Å². The predicted octanol–water partition coefficient (Wildman–Crippen LogP) is 5.56. The Labute approximate surface area is 221 Å². The first kappa shape index (κ1) is 26.5. The van der Waals surface area contributed by atoms with Crippen molar-refractivity contribution < 1.29 is 9.72 Å². The minimum absolute atomic E-state index is 0.0112. The van der Waals surface area contributed by atoms with Gasteiger partial charge in [-0.3, -0.25) is 24.3 Å². The lowest BCUT2D eigenvalue weighted by molar-refractivity contribution is -0.384. The summed E-state index contributed by atoms with van der Waals surface area (Å²) in [5.74, 6) is 0.304. The number of fused-ring (bicyclic) bond motifs is 1. The van der Waals surface area contributed by atoms with E-state index in [1.807, 2.05) is 62.4 Å². The zero-order chi connectivity index (χ0) is 27.1. The molecule has 4 rings (SSSR count). The maximum absolute atomic E-state index is 13.6. The number of non-ortho nitro benzene ring substituents is 1. The highest BCUT2D eigenvalue weighted by molar-refractivity contribution is 5.92. The molecule has 8 heteroatoms. The molecule has 1 aromatic heterocycles. The third-order valence-corrected chi connectivity index (χ3v) is 6.47. The van der Waals surface area contributed by atoms with E-state index in [1.165, 1.54) is 18.2 Å². The normalized spacial score (nSPS) is 12.1. The van der Waals surface area contributed by atoms with Crippen molar-refractivity contribution in [3.05, 3.63) is 122 Å². The number of nitro groups is 1. The van der Waals surface area contributed by atoms with Gasteiger partial charge >= 0.3 is 0 Å². The van der Waals surface area contributed by atoms with Gasteiger partial charge in [0.25, 0.3) is 11.2 Å². The molecule has 1 heterocycles. The summed E-state index contributed by atoms with van der Waals surface area (Å²) >= 11 is 0. The Kier molecular flexibility index (Phi) is 8.43. The molecule has 194 valence electrons. The third-order valence-electron chi connectivity index (χ3n) is 6.47. The van der Waals surface area contributed by atoms with E-state index in [2.05, 4.69) is 0 Å². The summed E-state index contributed by atoms with van der Waals surface area (Å²) in [4.78, 5) is 44.0. The maximum atomic E-state index is 13.6. The van der Waals surface area contributed by atoms with Crippen LogP contribution in [0.15, 0.2) is 89.7 Å². The summed E-state index contributed by atoms with van der Waals surface area (Å²) in [5.41, 5.74) is 2.24. The summed E-state index contributed by atoms with van der Waals surface area (Å²) in [6.07, 6.45) is 4.48. The van der Waals surface area contributed by atoms with Gasteiger partial charge in [0.2, 0.25) is 5.91 Å². The van der Waals surface area contributed by atoms with E-state index in [9.17, 15) is 19.7 Å². The van der Waals surface area contributed by atoms with Crippen molar-refractivity contribution in [1.29, 1.82) is 0 Å². The van der Waals surface area contributed by atoms with Crippen LogP contribution in [0, 0.1) is 10.1 Å². The minimum atomic E-state index is -0.475. The molecule has 0 spiro atoms. The van der Waals surface area contributed by atoms with Gasteiger partial charge in [0.15, 0.2) is 0 Å². The van der Waals surface area contributed by atoms with E-state index in [1.54, 1.807) is 33.7 Å². The zero-order valence-corrected chi connectivity index (χ0v) is 21.5. The van der Waals surface area contributed by atoms with Crippen molar-refractivity contribution >= 4 is 28.6 Å². The predicted molar refractivity (Wildman–Crippen MR) is 149 cm³/mol. The van der Waals surface area contributed by atoms with E-state index in [0.717, 1.165) is 12.0 Å². The number of para-hydroxylation sites is 1. The Morgan fingerprint density at radius 2 is 1.74 bits per heavy atom. The number of hydrogen-bond acceptors (Lipinski definition) is 5. The van der Waals surface area contributed by atoms with Gasteiger partial charge < -0.3 is 4.90 Å². The second-order valence-electron chi connectivity index (χ2n) is 9.07. The number of carbonyl (C=O) groups is 1. The largest absolute Gasteiger partial charge is 0.329 e. The molecule has 0 aliphatic carbocycles. The number of carbonyl (C=O) groups excluding carboxylic acids is 1. The quantitative estimate of drug-likeness (QED) is 0.158. The molecule has 0 fully saturated rings. The average Bonchev–Trinajstić information content (AvgIpc) is 2.94. The SMILES string of the molecule is CCCn1c(C(C)N(CCc2ccccc2)C(=O)C=Cc2ccc([N+](=O)[O-])cc2)nc2ccccc2c1=O. The summed E-state index contributed by atoms with van der Waals surface area (Å²) < 4.78 is 1.68. The zero-order valence-electron chi connectivity index (χ0n) is 21.5. The molecule has 1 amide bonds. The van der Waals surface area contributed by atoms with E-state index >= 15 is 0 Å². The topological polar surface area (TPSA) is 98.3 Å². The van der Waals surface area contributed by atoms with Gasteiger partial charge in [-0.1, -0.05) is 49.4 Å². The number of amides is 1. The Bertz CT molecular complexity index is 1510. The smallest absolute Gasteiger partial charge is 0.269 e. The minimum Gasteiger partial charge on any atom is -0.329 e. The van der Waals surface area contributed by atoms with Crippen LogP contribution in [-0.4, -0.2) is 31.8 Å². The number of nitro benzene ring substituents is 1. The van der Waals surface area contributed by atoms with Crippen LogP contribution in [0.4, 0.5) is 5.69 Å². The maximum Gasteiger partial charge on any atom is 0.269 e. The van der Waals surface area contributed by atoms with Gasteiger partial charge in [-0.15, -0.1) is 0 Å². The molecule has 38 heavy (non-hydrogen) atoms. The van der Waals surface area contributed by atoms with Gasteiger partial charge in [-0.2, -0.15) is 0 Å². The monoisotopic (exact) mass is 510 g/mol. The molecule has 0 radical (unpaired) electrons. The van der Waals surface area contributed by atoms with Crippen molar-refractivity contribution in [2.24, 2.45) is 0 Å². The van der Waals surface area contributed by atoms with Crippen LogP contribution in [0.2, 0.25) is 0 Å². The van der Waals surface area contributed by atoms with Gasteiger partial charge in [0, 0.05) is 31.3 Å². The molecule has 3 aromatic carbocycles. The lowest BCUT2D eigenvalue weighted by atomic mass is 10.1. The lowest BCUT2D eigenvalue weighted by Gasteiger charge is -2.30. The third kappa shape index (κ3) is 6.03. The summed E-state index contributed by atoms with van der Waals surface area (Å²) in [5, 5.41) is 11.5. The van der Waals surface area contributed by atoms with Gasteiger partial charge in [-0.05, 0) is 61.2 Å². The fraction of sp³-hybridized carbons (Fsp3) is 0.233. The fourth-order valence-corrected chi connectivity index (χ4v) is 4.44. The van der Waals surface area contributed by atoms with Crippen LogP contribution in [0.25, 0.3) is 17.0 Å². The molecule has 0 aliphatic rings. The molecule has 0 saturated heterocycles. The number of hydrogen-bond donors (Lipinski definition) is 0. The Morgan fingerprint density at radius 3 is 2.42 bits per heavy atom. The van der Waals surface area contributed by atoms with Crippen LogP contribution in [0.5, 0.6) is 0 Å². The first-order valence-electron chi connectivity index (χ1n) is 12.7. The Hall–Kier alpha value is -4.59. The van der Waals surface area contributed by atoms with Crippen molar-refractivity contribution in [3.63, 3.8) is 0 Å². The average molecular weight is 511 g/mol. The van der Waals surface area contributed by atoms with Crippen molar-refractivity contribution in [1.82, 2.24) is 14.5 Å². The molecule has 0 N–H and O–H groups in total. The number of aromatic nitrogens is 2. The molecule has 0 aliphatic heterocycles. The number of rotatable bonds is 10. The molecule has 0 bridgehead atoms. The molecule has 1 atom stereocenters. The Morgan fingerprint density at radius 1 is 1.05 bits per heavy atom. The van der Waals surface area contributed by atoms with Gasteiger partial charge in [0.1, 0.15) is 5.82 Å². The fourth-order valence-electron chi connectivity index (χ4n) is 4.44. The standard InChI is InChI=1S/C30H30N4O4/c1-3-20-33-29(31-27-12-8-7-11-26(27)30(33)36)22(2)32(21-19-23-9-5-4-6-10-23)28(35)18-15-24-13-16-25(17-14-24)34(37)38/h4-18,22H,3,19-21H2,1-2H3. The first-order chi connectivity index (χ1) is 18.4. The highest BCUT2D eigenvalue weighted by atomic mass is 16.6. The lowest BCUT2D eigenvalue weighted by Crippen LogP contribution is -2.38. The van der Waals surface area contributed by atoms with Crippen LogP contribution in [-0.2, 0) is 17.8 Å². The van der Waals surface area contributed by atoms with Crippen LogP contribution in [0.3, 0.4) is 0 Å². The number of nitrogens with zero attached hydrogens (tertiary/aromatic N) is 4. The van der Waals surface area contributed by atoms with E-state index in [0.29, 0.717) is 41.8 Å². The summed E-state index contributed by atoms with van der Waals surface area (Å²) in [6.45, 7) is 4.81. The molecular weight excluding hydrogens is 480 g/mol. The number of benzene rings is 3. The van der Waals surface area contributed by atoms with E-state index in [-0.39, 0.29) is 17.2 Å². The summed E-state index contributed by atoms with van der Waals surface area (Å²) in [6, 6.07) is 22.7. The molecular formula is C30H30N4O4. The van der Waals surface area contributed by atoms with E-state index < -0.39 is 11.0 Å².